The van der Waals surface area contributed by atoms with Crippen molar-refractivity contribution in [1.29, 1.82) is 0 Å². The summed E-state index contributed by atoms with van der Waals surface area (Å²) in [4.78, 5) is 15.1. The molecule has 0 radical (unpaired) electrons. The summed E-state index contributed by atoms with van der Waals surface area (Å²) >= 11 is 1.63. The standard InChI is InChI=1S/C17H19NO3S/c1-20-16-13-6-7-14(16)21-9-8-18(13)17(19)12-10-22-15-5-3-2-4-11(12)15/h2-5,10,13-14,16H,6-9H2,1H3/t13-,14-,16+/m1/s1. The molecule has 1 aromatic carbocycles. The topological polar surface area (TPSA) is 38.8 Å². The minimum atomic E-state index is -0.00338. The second kappa shape index (κ2) is 5.65. The van der Waals surface area contributed by atoms with Crippen LogP contribution in [0.3, 0.4) is 0 Å². The van der Waals surface area contributed by atoms with Gasteiger partial charge in [-0.3, -0.25) is 4.79 Å². The van der Waals surface area contributed by atoms with Crippen molar-refractivity contribution in [1.82, 2.24) is 4.90 Å². The van der Waals surface area contributed by atoms with Gasteiger partial charge in [-0.25, -0.2) is 0 Å². The molecule has 0 N–H and O–H groups in total. The number of hydrogen-bond acceptors (Lipinski definition) is 4. The third kappa shape index (κ3) is 2.16. The number of ether oxygens (including phenoxy) is 2. The molecule has 2 fully saturated rings. The van der Waals surface area contributed by atoms with Gasteiger partial charge in [0, 0.05) is 29.1 Å². The summed E-state index contributed by atoms with van der Waals surface area (Å²) in [6, 6.07) is 8.21. The average molecular weight is 317 g/mol. The molecule has 3 atom stereocenters. The smallest absolute Gasteiger partial charge is 0.255 e. The minimum absolute atomic E-state index is 0.00338. The predicted octanol–water partition coefficient (Wildman–Crippen LogP) is 2.92. The minimum Gasteiger partial charge on any atom is -0.377 e. The highest BCUT2D eigenvalue weighted by molar-refractivity contribution is 7.17. The van der Waals surface area contributed by atoms with Crippen molar-refractivity contribution in [2.24, 2.45) is 0 Å². The van der Waals surface area contributed by atoms with Crippen LogP contribution in [-0.4, -0.2) is 49.3 Å². The van der Waals surface area contributed by atoms with E-state index in [4.69, 9.17) is 9.47 Å². The number of thiophene rings is 1. The zero-order chi connectivity index (χ0) is 15.1. The van der Waals surface area contributed by atoms with Gasteiger partial charge in [0.05, 0.1) is 24.3 Å². The van der Waals surface area contributed by atoms with E-state index < -0.39 is 0 Å². The second-order valence-corrected chi connectivity index (χ2v) is 6.81. The van der Waals surface area contributed by atoms with Crippen LogP contribution >= 0.6 is 11.3 Å². The van der Waals surface area contributed by atoms with E-state index in [0.717, 1.165) is 28.5 Å². The maximum atomic E-state index is 13.1. The van der Waals surface area contributed by atoms with Crippen LogP contribution < -0.4 is 0 Å². The van der Waals surface area contributed by atoms with Gasteiger partial charge < -0.3 is 14.4 Å². The van der Waals surface area contributed by atoms with Gasteiger partial charge in [-0.2, -0.15) is 0 Å². The van der Waals surface area contributed by atoms with Gasteiger partial charge in [0.15, 0.2) is 0 Å². The van der Waals surface area contributed by atoms with Gasteiger partial charge in [-0.15, -0.1) is 11.3 Å². The summed E-state index contributed by atoms with van der Waals surface area (Å²) in [6.07, 6.45) is 2.05. The van der Waals surface area contributed by atoms with Crippen LogP contribution in [0.2, 0.25) is 0 Å². The van der Waals surface area contributed by atoms with Crippen LogP contribution in [0.25, 0.3) is 10.1 Å². The quantitative estimate of drug-likeness (QED) is 0.855. The maximum absolute atomic E-state index is 13.1. The first-order valence-corrected chi connectivity index (χ1v) is 8.59. The van der Waals surface area contributed by atoms with Crippen LogP contribution in [-0.2, 0) is 9.47 Å². The van der Waals surface area contributed by atoms with Crippen molar-refractivity contribution in [3.05, 3.63) is 35.2 Å². The summed E-state index contributed by atoms with van der Waals surface area (Å²) < 4.78 is 12.7. The zero-order valence-electron chi connectivity index (χ0n) is 12.5. The number of hydrogen-bond donors (Lipinski definition) is 0. The Hall–Kier alpha value is -1.43. The van der Waals surface area contributed by atoms with Crippen molar-refractivity contribution < 1.29 is 14.3 Å². The number of nitrogens with zero attached hydrogens (tertiary/aromatic N) is 1. The summed E-state index contributed by atoms with van der Waals surface area (Å²) in [5, 5.41) is 3.03. The number of rotatable bonds is 2. The molecular weight excluding hydrogens is 298 g/mol. The Bertz CT molecular complexity index is 698. The molecular formula is C17H19NO3S. The van der Waals surface area contributed by atoms with Crippen LogP contribution in [0, 0.1) is 0 Å². The summed E-state index contributed by atoms with van der Waals surface area (Å²) in [5.41, 5.74) is 0.806. The van der Waals surface area contributed by atoms with Crippen LogP contribution in [0.5, 0.6) is 0 Å². The van der Waals surface area contributed by atoms with Crippen LogP contribution in [0.15, 0.2) is 29.6 Å². The number of amides is 1. The molecule has 2 aliphatic rings. The van der Waals surface area contributed by atoms with E-state index in [2.05, 4.69) is 6.07 Å². The molecule has 2 heterocycles. The monoisotopic (exact) mass is 317 g/mol. The van der Waals surface area contributed by atoms with E-state index in [1.807, 2.05) is 28.5 Å². The second-order valence-electron chi connectivity index (χ2n) is 5.90. The van der Waals surface area contributed by atoms with E-state index in [0.29, 0.717) is 13.2 Å². The van der Waals surface area contributed by atoms with E-state index in [9.17, 15) is 4.79 Å². The lowest BCUT2D eigenvalue weighted by molar-refractivity contribution is -0.0316. The Kier molecular flexibility index (Phi) is 3.64. The largest absolute Gasteiger partial charge is 0.377 e. The first-order valence-electron chi connectivity index (χ1n) is 7.71. The Labute approximate surface area is 133 Å². The Balaban J connectivity index is 1.69. The highest BCUT2D eigenvalue weighted by Crippen LogP contribution is 2.34. The summed E-state index contributed by atoms with van der Waals surface area (Å²) in [7, 11) is 1.72. The third-order valence-electron chi connectivity index (χ3n) is 4.80. The van der Waals surface area contributed by atoms with Crippen LogP contribution in [0.1, 0.15) is 23.2 Å². The molecule has 1 aliphatic heterocycles. The lowest BCUT2D eigenvalue weighted by Crippen LogP contribution is -2.46. The fraction of sp³-hybridized carbons (Fsp3) is 0.471. The van der Waals surface area contributed by atoms with Gasteiger partial charge in [0.1, 0.15) is 6.10 Å². The highest BCUT2D eigenvalue weighted by Gasteiger charge is 2.44. The van der Waals surface area contributed by atoms with Crippen molar-refractivity contribution in [2.45, 2.75) is 31.1 Å². The number of benzene rings is 1. The zero-order valence-corrected chi connectivity index (χ0v) is 13.3. The third-order valence-corrected chi connectivity index (χ3v) is 5.76. The van der Waals surface area contributed by atoms with Crippen molar-refractivity contribution in [3.63, 3.8) is 0 Å². The van der Waals surface area contributed by atoms with Gasteiger partial charge in [-0.05, 0) is 18.9 Å². The molecule has 0 spiro atoms. The lowest BCUT2D eigenvalue weighted by Gasteiger charge is -2.30. The normalized spacial score (nSPS) is 28.0. The number of fused-ring (bicyclic) bond motifs is 3. The number of methoxy groups -OCH3 is 1. The van der Waals surface area contributed by atoms with E-state index in [1.54, 1.807) is 18.4 Å². The number of carbonyl (C=O) groups is 1. The van der Waals surface area contributed by atoms with Crippen LogP contribution in [0.4, 0.5) is 0 Å². The fourth-order valence-electron chi connectivity index (χ4n) is 3.75. The molecule has 4 nitrogen and oxygen atoms in total. The predicted molar refractivity (Wildman–Crippen MR) is 86.4 cm³/mol. The average Bonchev–Trinajstić information content (AvgIpc) is 3.07. The van der Waals surface area contributed by atoms with E-state index in [-0.39, 0.29) is 24.2 Å². The van der Waals surface area contributed by atoms with E-state index in [1.165, 1.54) is 0 Å². The first kappa shape index (κ1) is 14.2. The van der Waals surface area contributed by atoms with Gasteiger partial charge >= 0.3 is 0 Å². The highest BCUT2D eigenvalue weighted by atomic mass is 32.1. The molecule has 1 amide bonds. The lowest BCUT2D eigenvalue weighted by atomic mass is 10.1. The maximum Gasteiger partial charge on any atom is 0.255 e. The summed E-state index contributed by atoms with van der Waals surface area (Å²) in [6.45, 7) is 1.23. The molecule has 1 saturated heterocycles. The first-order chi connectivity index (χ1) is 10.8. The molecule has 2 aromatic rings. The summed E-state index contributed by atoms with van der Waals surface area (Å²) in [5.74, 6) is 0.107. The molecule has 5 heteroatoms. The molecule has 2 bridgehead atoms. The van der Waals surface area contributed by atoms with Gasteiger partial charge in [-0.1, -0.05) is 18.2 Å². The Morgan fingerprint density at radius 1 is 1.36 bits per heavy atom. The molecule has 1 aromatic heterocycles. The van der Waals surface area contributed by atoms with Crippen molar-refractivity contribution >= 4 is 27.3 Å². The van der Waals surface area contributed by atoms with E-state index >= 15 is 0 Å². The number of carbonyl (C=O) groups excluding carboxylic acids is 1. The van der Waals surface area contributed by atoms with Crippen molar-refractivity contribution in [3.8, 4) is 0 Å². The van der Waals surface area contributed by atoms with Gasteiger partial charge in [0.25, 0.3) is 5.91 Å². The molecule has 22 heavy (non-hydrogen) atoms. The molecule has 1 saturated carbocycles. The Morgan fingerprint density at radius 3 is 3.09 bits per heavy atom. The molecule has 116 valence electrons. The molecule has 0 unspecified atom stereocenters. The molecule has 1 aliphatic carbocycles. The van der Waals surface area contributed by atoms with Crippen molar-refractivity contribution in [2.75, 3.05) is 20.3 Å². The SMILES string of the molecule is CO[C@H]1[C@H]2CC[C@H]1OCCN2C(=O)c1csc2ccccc12. The molecule has 4 rings (SSSR count). The Morgan fingerprint density at radius 2 is 2.23 bits per heavy atom. The van der Waals surface area contributed by atoms with Gasteiger partial charge in [0.2, 0.25) is 0 Å². The fourth-order valence-corrected chi connectivity index (χ4v) is 4.68.